The third-order valence-electron chi connectivity index (χ3n) is 3.79. The standard InChI is InChI=1S/C14H13N3O5S/c1-16-12-10(13(18)17(2)14(16)19)7-11(15-12)8-3-5-9(6-4-8)23(20,21)22/h3-6H,7H2,1-2H3,(H,20,21,22). The number of aliphatic imine (C=N–C) groups is 1. The topological polar surface area (TPSA) is 111 Å². The van der Waals surface area contributed by atoms with Crippen molar-refractivity contribution in [3.8, 4) is 0 Å². The summed E-state index contributed by atoms with van der Waals surface area (Å²) in [4.78, 5) is 28.2. The summed E-state index contributed by atoms with van der Waals surface area (Å²) >= 11 is 0. The fourth-order valence-electron chi connectivity index (χ4n) is 2.52. The second kappa shape index (κ2) is 5.00. The molecule has 2 aromatic rings. The molecule has 0 amide bonds. The molecule has 23 heavy (non-hydrogen) atoms. The van der Waals surface area contributed by atoms with Crippen LogP contribution < -0.4 is 11.2 Å². The first-order valence-electron chi connectivity index (χ1n) is 6.64. The van der Waals surface area contributed by atoms with Crippen LogP contribution in [0.25, 0.3) is 0 Å². The van der Waals surface area contributed by atoms with Gasteiger partial charge in [-0.15, -0.1) is 0 Å². The Balaban J connectivity index is 2.08. The summed E-state index contributed by atoms with van der Waals surface area (Å²) in [7, 11) is -1.32. The van der Waals surface area contributed by atoms with Gasteiger partial charge in [0.2, 0.25) is 0 Å². The average molecular weight is 335 g/mol. The average Bonchev–Trinajstić information content (AvgIpc) is 2.95. The summed E-state index contributed by atoms with van der Waals surface area (Å²) in [5.41, 5.74) is 0.739. The van der Waals surface area contributed by atoms with Crippen molar-refractivity contribution in [1.29, 1.82) is 0 Å². The molecule has 8 nitrogen and oxygen atoms in total. The van der Waals surface area contributed by atoms with Crippen molar-refractivity contribution >= 4 is 21.6 Å². The molecule has 1 aliphatic heterocycles. The van der Waals surface area contributed by atoms with E-state index >= 15 is 0 Å². The van der Waals surface area contributed by atoms with Crippen LogP contribution in [0.15, 0.2) is 43.7 Å². The number of benzene rings is 1. The second-order valence-corrected chi connectivity index (χ2v) is 6.66. The van der Waals surface area contributed by atoms with Gasteiger partial charge in [-0.2, -0.15) is 8.42 Å². The lowest BCUT2D eigenvalue weighted by atomic mass is 10.1. The van der Waals surface area contributed by atoms with E-state index in [1.54, 1.807) is 0 Å². The minimum Gasteiger partial charge on any atom is -0.282 e. The highest BCUT2D eigenvalue weighted by Gasteiger charge is 2.24. The highest BCUT2D eigenvalue weighted by atomic mass is 32.2. The highest BCUT2D eigenvalue weighted by Crippen LogP contribution is 2.25. The van der Waals surface area contributed by atoms with Crippen LogP contribution in [-0.4, -0.2) is 27.8 Å². The molecule has 0 bridgehead atoms. The van der Waals surface area contributed by atoms with Crippen molar-refractivity contribution in [2.75, 3.05) is 0 Å². The zero-order valence-electron chi connectivity index (χ0n) is 12.3. The maximum atomic E-state index is 12.2. The quantitative estimate of drug-likeness (QED) is 0.777. The van der Waals surface area contributed by atoms with Crippen LogP contribution in [0.2, 0.25) is 0 Å². The SMILES string of the molecule is Cn1c2c(c(=O)n(C)c1=O)CC(c1ccc(S(=O)(=O)O)cc1)=N2. The maximum Gasteiger partial charge on any atom is 0.332 e. The van der Waals surface area contributed by atoms with Crippen LogP contribution in [0.4, 0.5) is 5.82 Å². The van der Waals surface area contributed by atoms with Gasteiger partial charge in [0.15, 0.2) is 0 Å². The molecule has 1 aromatic carbocycles. The molecular weight excluding hydrogens is 322 g/mol. The predicted molar refractivity (Wildman–Crippen MR) is 83.1 cm³/mol. The molecule has 0 aliphatic carbocycles. The smallest absolute Gasteiger partial charge is 0.282 e. The van der Waals surface area contributed by atoms with Gasteiger partial charge in [-0.25, -0.2) is 9.79 Å². The highest BCUT2D eigenvalue weighted by molar-refractivity contribution is 7.85. The van der Waals surface area contributed by atoms with Gasteiger partial charge in [-0.05, 0) is 17.7 Å². The first-order chi connectivity index (χ1) is 10.7. The van der Waals surface area contributed by atoms with Crippen molar-refractivity contribution in [3.63, 3.8) is 0 Å². The van der Waals surface area contributed by atoms with Gasteiger partial charge in [0, 0.05) is 20.5 Å². The predicted octanol–water partition coefficient (Wildman–Crippen LogP) is 0.00760. The molecule has 0 saturated carbocycles. The van der Waals surface area contributed by atoms with E-state index in [1.165, 1.54) is 42.9 Å². The van der Waals surface area contributed by atoms with Gasteiger partial charge in [-0.3, -0.25) is 18.5 Å². The summed E-state index contributed by atoms with van der Waals surface area (Å²) in [5.74, 6) is 0.312. The lowest BCUT2D eigenvalue weighted by Crippen LogP contribution is -2.38. The van der Waals surface area contributed by atoms with E-state index in [0.717, 1.165) is 4.57 Å². The van der Waals surface area contributed by atoms with Crippen LogP contribution in [0, 0.1) is 0 Å². The molecule has 1 aromatic heterocycles. The summed E-state index contributed by atoms with van der Waals surface area (Å²) in [6, 6.07) is 5.51. The van der Waals surface area contributed by atoms with E-state index in [-0.39, 0.29) is 11.3 Å². The lowest BCUT2D eigenvalue weighted by Gasteiger charge is -2.05. The fourth-order valence-corrected chi connectivity index (χ4v) is 3.00. The summed E-state index contributed by atoms with van der Waals surface area (Å²) < 4.78 is 33.4. The first-order valence-corrected chi connectivity index (χ1v) is 8.08. The Hall–Kier alpha value is -2.52. The molecule has 120 valence electrons. The largest absolute Gasteiger partial charge is 0.332 e. The molecule has 0 atom stereocenters. The van der Waals surface area contributed by atoms with Crippen LogP contribution in [0.3, 0.4) is 0 Å². The van der Waals surface area contributed by atoms with E-state index in [2.05, 4.69) is 4.99 Å². The first kappa shape index (κ1) is 15.4. The van der Waals surface area contributed by atoms with Crippen LogP contribution >= 0.6 is 0 Å². The van der Waals surface area contributed by atoms with Crippen molar-refractivity contribution in [3.05, 3.63) is 56.2 Å². The number of aromatic nitrogens is 2. The zero-order valence-corrected chi connectivity index (χ0v) is 13.2. The summed E-state index contributed by atoms with van der Waals surface area (Å²) in [5, 5.41) is 0. The number of rotatable bonds is 2. The number of hydrogen-bond acceptors (Lipinski definition) is 5. The second-order valence-electron chi connectivity index (χ2n) is 5.24. The monoisotopic (exact) mass is 335 g/mol. The van der Waals surface area contributed by atoms with Crippen molar-refractivity contribution in [2.24, 2.45) is 19.1 Å². The minimum atomic E-state index is -4.26. The number of fused-ring (bicyclic) bond motifs is 1. The molecule has 0 spiro atoms. The molecule has 2 heterocycles. The van der Waals surface area contributed by atoms with Crippen LogP contribution in [0.5, 0.6) is 0 Å². The number of hydrogen-bond donors (Lipinski definition) is 1. The van der Waals surface area contributed by atoms with Gasteiger partial charge in [0.25, 0.3) is 15.7 Å². The zero-order chi connectivity index (χ0) is 16.9. The summed E-state index contributed by atoms with van der Waals surface area (Å²) in [6.07, 6.45) is 0.251. The Morgan fingerprint density at radius 3 is 2.26 bits per heavy atom. The van der Waals surface area contributed by atoms with Gasteiger partial charge in [0.05, 0.1) is 16.2 Å². The molecule has 0 unspecified atom stereocenters. The normalized spacial score (nSPS) is 13.8. The molecule has 9 heteroatoms. The van der Waals surface area contributed by atoms with Gasteiger partial charge >= 0.3 is 5.69 Å². The van der Waals surface area contributed by atoms with E-state index < -0.39 is 21.4 Å². The third kappa shape index (κ3) is 2.43. The molecule has 3 rings (SSSR count). The van der Waals surface area contributed by atoms with E-state index in [9.17, 15) is 18.0 Å². The van der Waals surface area contributed by atoms with Crippen LogP contribution in [0.1, 0.15) is 11.1 Å². The maximum absolute atomic E-state index is 12.2. The van der Waals surface area contributed by atoms with Gasteiger partial charge in [0.1, 0.15) is 5.82 Å². The molecule has 0 fully saturated rings. The molecule has 1 aliphatic rings. The van der Waals surface area contributed by atoms with Crippen LogP contribution in [-0.2, 0) is 30.6 Å². The van der Waals surface area contributed by atoms with Crippen molar-refractivity contribution in [1.82, 2.24) is 9.13 Å². The third-order valence-corrected chi connectivity index (χ3v) is 4.66. The Kier molecular flexibility index (Phi) is 3.34. The van der Waals surface area contributed by atoms with Crippen molar-refractivity contribution < 1.29 is 13.0 Å². The van der Waals surface area contributed by atoms with Gasteiger partial charge in [-0.1, -0.05) is 12.1 Å². The summed E-state index contributed by atoms with van der Waals surface area (Å²) in [6.45, 7) is 0. The van der Waals surface area contributed by atoms with E-state index in [1.807, 2.05) is 0 Å². The lowest BCUT2D eigenvalue weighted by molar-refractivity contribution is 0.483. The molecular formula is C14H13N3O5S. The Morgan fingerprint density at radius 2 is 1.70 bits per heavy atom. The fraction of sp³-hybridized carbons (Fsp3) is 0.214. The Labute approximate surface area is 131 Å². The minimum absolute atomic E-state index is 0.222. The molecule has 0 saturated heterocycles. The van der Waals surface area contributed by atoms with Crippen molar-refractivity contribution in [2.45, 2.75) is 11.3 Å². The molecule has 0 radical (unpaired) electrons. The van der Waals surface area contributed by atoms with E-state index in [0.29, 0.717) is 22.7 Å². The number of nitrogens with zero attached hydrogens (tertiary/aromatic N) is 3. The Morgan fingerprint density at radius 1 is 1.09 bits per heavy atom. The van der Waals surface area contributed by atoms with E-state index in [4.69, 9.17) is 4.55 Å². The Bertz CT molecular complexity index is 1060. The van der Waals surface area contributed by atoms with Gasteiger partial charge < -0.3 is 0 Å². The molecule has 1 N–H and O–H groups in total.